The van der Waals surface area contributed by atoms with Gasteiger partial charge in [-0.3, -0.25) is 57.5 Å². The van der Waals surface area contributed by atoms with E-state index in [9.17, 15) is 41.9 Å². The Labute approximate surface area is 605 Å². The lowest BCUT2D eigenvalue weighted by atomic mass is 9.81. The van der Waals surface area contributed by atoms with Crippen molar-refractivity contribution < 1.29 is 70.7 Å². The number of carbonyl (C=O) groups is 12. The number of benzene rings is 1. The van der Waals surface area contributed by atoms with E-state index in [1.165, 1.54) is 91.7 Å². The van der Waals surface area contributed by atoms with Gasteiger partial charge < -0.3 is 60.0 Å². The van der Waals surface area contributed by atoms with E-state index < -0.39 is 173 Å². The van der Waals surface area contributed by atoms with Crippen LogP contribution >= 0.6 is 11.6 Å². The minimum absolute atomic E-state index is 0.0109. The van der Waals surface area contributed by atoms with E-state index in [2.05, 4.69) is 16.0 Å². The van der Waals surface area contributed by atoms with Gasteiger partial charge in [0, 0.05) is 69.0 Å². The Hall–Kier alpha value is -7.06. The van der Waals surface area contributed by atoms with Crippen LogP contribution in [0.4, 0.5) is 13.2 Å². The molecule has 12 amide bonds. The number of halogens is 4. The Morgan fingerprint density at radius 2 is 1.24 bits per heavy atom. The molecule has 6 aliphatic rings. The molecular weight excluding hydrogens is 1340 g/mol. The van der Waals surface area contributed by atoms with E-state index in [4.69, 9.17) is 11.6 Å². The van der Waals surface area contributed by atoms with Crippen LogP contribution in [0.5, 0.6) is 0 Å². The van der Waals surface area contributed by atoms with Gasteiger partial charge in [-0.25, -0.2) is 0 Å². The molecule has 24 nitrogen and oxygen atoms in total. The molecule has 3 heterocycles. The molecule has 3 saturated carbocycles. The minimum Gasteiger partial charge on any atom is -0.343 e. The van der Waals surface area contributed by atoms with Crippen LogP contribution in [0, 0.1) is 23.7 Å². The summed E-state index contributed by atoms with van der Waals surface area (Å²) in [6, 6.07) is -6.74. The Morgan fingerprint density at radius 3 is 1.83 bits per heavy atom. The number of alkyl halides is 3. The van der Waals surface area contributed by atoms with Crippen molar-refractivity contribution in [1.82, 2.24) is 60.0 Å². The number of likely N-dealkylation sites (N-methyl/N-ethyl adjacent to an activating group) is 7. The van der Waals surface area contributed by atoms with Crippen LogP contribution in [0.3, 0.4) is 0 Å². The molecule has 28 heteroatoms. The normalized spacial score (nSPS) is 27.4. The van der Waals surface area contributed by atoms with Gasteiger partial charge >= 0.3 is 6.18 Å². The highest BCUT2D eigenvalue weighted by atomic mass is 35.5. The van der Waals surface area contributed by atoms with Crippen LogP contribution < -0.4 is 16.0 Å². The van der Waals surface area contributed by atoms with E-state index in [1.807, 2.05) is 20.8 Å². The van der Waals surface area contributed by atoms with Crippen molar-refractivity contribution in [2.75, 3.05) is 82.1 Å². The van der Waals surface area contributed by atoms with Crippen molar-refractivity contribution in [1.29, 1.82) is 0 Å². The Bertz CT molecular complexity index is 3170. The van der Waals surface area contributed by atoms with Gasteiger partial charge in [0.25, 0.3) is 0 Å². The maximum Gasteiger partial charge on any atom is 0.417 e. The summed E-state index contributed by atoms with van der Waals surface area (Å²) in [5.74, 6) is -8.70. The second-order valence-electron chi connectivity index (χ2n) is 30.5. The summed E-state index contributed by atoms with van der Waals surface area (Å²) in [6.07, 6.45) is 7.08. The number of likely N-dealkylation sites (tertiary alicyclic amines) is 1. The smallest absolute Gasteiger partial charge is 0.343 e. The molecule has 6 fully saturated rings. The highest BCUT2D eigenvalue weighted by molar-refractivity contribution is 6.31. The first-order valence-electron chi connectivity index (χ1n) is 37.3. The van der Waals surface area contributed by atoms with Crippen LogP contribution in [0.1, 0.15) is 200 Å². The highest BCUT2D eigenvalue weighted by Crippen LogP contribution is 2.39. The number of hydrogen-bond donors (Lipinski definition) is 3. The molecule has 102 heavy (non-hydrogen) atoms. The predicted molar refractivity (Wildman–Crippen MR) is 378 cm³/mol. The standard InChI is InChI=1S/C74H114ClF3N12O12/c1-13-47(4)62-70(100)83(7)45-61(93)84(8)48(5)66(96)86(10)57(42-49-26-17-14-18-27-49)68(98)82(6)44-59(91)79-54(34-32-50-31-33-52(53(75)41-50)74(76,77)78)67(97)90-39-25-30-55(90)65(95)81-73(35-21-22-36-73)72(102)88(12)63(51-28-19-15-20-29-51)71(101)87(11)58(69(99)89-37-23-16-24-38-89)43-60(92)85(9)56(40-46(2)3)64(94)80-62/h31,33,41,46-49,51,54-58,62-63H,13-30,32,34-40,42-45H2,1-12H3,(H,79,91)(H,80,94)(H,81,95)/t47-,48-,54-,55-,56-,57-,58-,62-,63-/m0/s1. The first kappa shape index (κ1) is 82.2. The molecule has 3 aliphatic heterocycles. The van der Waals surface area contributed by atoms with Gasteiger partial charge in [-0.15, -0.1) is 0 Å². The van der Waals surface area contributed by atoms with E-state index in [0.29, 0.717) is 70.0 Å². The van der Waals surface area contributed by atoms with Crippen molar-refractivity contribution in [2.45, 2.75) is 255 Å². The molecule has 0 radical (unpaired) electrons. The minimum atomic E-state index is -4.76. The lowest BCUT2D eigenvalue weighted by molar-refractivity contribution is -0.157. The average molecular weight is 1460 g/mol. The van der Waals surface area contributed by atoms with Crippen LogP contribution in [0.15, 0.2) is 18.2 Å². The summed E-state index contributed by atoms with van der Waals surface area (Å²) in [6.45, 7) is 8.47. The van der Waals surface area contributed by atoms with Gasteiger partial charge in [-0.1, -0.05) is 116 Å². The van der Waals surface area contributed by atoms with E-state index in [1.54, 1.807) is 11.8 Å². The Morgan fingerprint density at radius 1 is 0.627 bits per heavy atom. The third-order valence-electron chi connectivity index (χ3n) is 22.8. The van der Waals surface area contributed by atoms with Gasteiger partial charge in [0.1, 0.15) is 53.9 Å². The zero-order chi connectivity index (χ0) is 75.2. The molecule has 0 aromatic heterocycles. The molecule has 1 aromatic rings. The summed E-state index contributed by atoms with van der Waals surface area (Å²) in [7, 11) is 10.1. The third-order valence-corrected chi connectivity index (χ3v) is 23.2. The van der Waals surface area contributed by atoms with Crippen molar-refractivity contribution >= 4 is 82.5 Å². The van der Waals surface area contributed by atoms with Crippen molar-refractivity contribution in [3.05, 3.63) is 34.3 Å². The average Bonchev–Trinajstić information content (AvgIpc) is 1.36. The third kappa shape index (κ3) is 20.3. The predicted octanol–water partition coefficient (Wildman–Crippen LogP) is 6.81. The second kappa shape index (κ2) is 36.6. The number of amides is 12. The zero-order valence-electron chi connectivity index (χ0n) is 62.3. The fourth-order valence-corrected chi connectivity index (χ4v) is 16.4. The van der Waals surface area contributed by atoms with Gasteiger partial charge in [-0.2, -0.15) is 13.2 Å². The van der Waals surface area contributed by atoms with Crippen LogP contribution in [0.2, 0.25) is 5.02 Å². The van der Waals surface area contributed by atoms with Gasteiger partial charge in [0.2, 0.25) is 70.9 Å². The molecule has 9 atom stereocenters. The van der Waals surface area contributed by atoms with E-state index in [0.717, 1.165) is 79.7 Å². The maximum atomic E-state index is 15.8. The van der Waals surface area contributed by atoms with Crippen molar-refractivity contribution in [3.63, 3.8) is 0 Å². The number of fused-ring (bicyclic) bond motifs is 1. The largest absolute Gasteiger partial charge is 0.417 e. The van der Waals surface area contributed by atoms with Crippen molar-refractivity contribution in [3.8, 4) is 0 Å². The van der Waals surface area contributed by atoms with Crippen LogP contribution in [0.25, 0.3) is 0 Å². The number of rotatable bonds is 11. The molecule has 3 saturated heterocycles. The molecule has 570 valence electrons. The van der Waals surface area contributed by atoms with Gasteiger partial charge in [0.05, 0.1) is 30.1 Å². The SMILES string of the molecule is CC[C@H](C)[C@@H]1NC(=O)[C@H](CC(C)C)N(C)C(=O)C[C@@H](C(=O)N2CCCCC2)N(C)C(=O)[C@H](C2CCCCC2)N(C)C(=O)C2(CCCC2)NC(=O)[C@@H]2CCCN2C(=O)[C@H](CCc2ccc(C(F)(F)F)c(Cl)c2)NC(=O)CN(C)C(=O)[C@H](CC2CCCCC2)N(C)C(=O)[C@H](C)N(C)C(=O)CN(C)C1=O. The molecule has 1 aromatic carbocycles. The Balaban J connectivity index is 1.30. The number of hydrogen-bond acceptors (Lipinski definition) is 12. The van der Waals surface area contributed by atoms with E-state index in [-0.39, 0.29) is 63.3 Å². The maximum absolute atomic E-state index is 15.8. The summed E-state index contributed by atoms with van der Waals surface area (Å²) in [5, 5.41) is 8.22. The summed E-state index contributed by atoms with van der Waals surface area (Å²) in [5.41, 5.74) is -2.34. The second-order valence-corrected chi connectivity index (χ2v) is 31.0. The van der Waals surface area contributed by atoms with Gasteiger partial charge in [0.15, 0.2) is 0 Å². The first-order valence-corrected chi connectivity index (χ1v) is 37.7. The van der Waals surface area contributed by atoms with Crippen LogP contribution in [-0.2, 0) is 70.1 Å². The molecule has 3 aliphatic carbocycles. The van der Waals surface area contributed by atoms with Crippen molar-refractivity contribution in [2.24, 2.45) is 23.7 Å². The molecule has 3 N–H and O–H groups in total. The summed E-state index contributed by atoms with van der Waals surface area (Å²) in [4.78, 5) is 192. The lowest BCUT2D eigenvalue weighted by Crippen LogP contribution is -2.65. The number of carbonyl (C=O) groups excluding carboxylic acids is 12. The zero-order valence-corrected chi connectivity index (χ0v) is 63.1. The quantitative estimate of drug-likeness (QED) is 0.206. The lowest BCUT2D eigenvalue weighted by Gasteiger charge is -2.43. The molecule has 1 spiro atoms. The topological polar surface area (TPSA) is 270 Å². The molecule has 0 bridgehead atoms. The molecule has 0 unspecified atom stereocenters. The Kier molecular flexibility index (Phi) is 29.5. The van der Waals surface area contributed by atoms with Crippen LogP contribution in [-0.4, -0.2) is 251 Å². The highest BCUT2D eigenvalue weighted by Gasteiger charge is 2.52. The summed E-state index contributed by atoms with van der Waals surface area (Å²) >= 11 is 6.17. The number of piperidine rings is 1. The number of nitrogens with zero attached hydrogens (tertiary/aromatic N) is 9. The first-order chi connectivity index (χ1) is 48.1. The number of nitrogens with one attached hydrogen (secondary N) is 3. The number of aryl methyl sites for hydroxylation is 1. The summed E-state index contributed by atoms with van der Waals surface area (Å²) < 4.78 is 41.7. The fourth-order valence-electron chi connectivity index (χ4n) is 16.1. The fraction of sp³-hybridized carbons (Fsp3) is 0.757. The molecule has 7 rings (SSSR count). The monoisotopic (exact) mass is 1450 g/mol. The van der Waals surface area contributed by atoms with E-state index >= 15 is 28.8 Å². The molecular formula is C74H114ClF3N12O12. The van der Waals surface area contributed by atoms with Gasteiger partial charge in [-0.05, 0) is 132 Å².